The van der Waals surface area contributed by atoms with E-state index >= 15 is 0 Å². The molecule has 2 amide bonds. The standard InChI is InChI=1S/C21H23FN2O3/c22-17-8-6-16(7-9-17)20(26)23-13-10-19(25)24-14-21(11-12-21)15-27-18-4-2-1-3-5-18/h1-9H,10-15H2,(H,23,26)(H,24,25). The Morgan fingerprint density at radius 3 is 2.37 bits per heavy atom. The first kappa shape index (κ1) is 18.9. The predicted molar refractivity (Wildman–Crippen MR) is 100.0 cm³/mol. The van der Waals surface area contributed by atoms with Crippen molar-refractivity contribution in [3.63, 3.8) is 0 Å². The van der Waals surface area contributed by atoms with Gasteiger partial charge in [0, 0.05) is 30.5 Å². The van der Waals surface area contributed by atoms with Crippen molar-refractivity contribution in [2.45, 2.75) is 19.3 Å². The monoisotopic (exact) mass is 370 g/mol. The van der Waals surface area contributed by atoms with E-state index in [1.807, 2.05) is 30.3 Å². The number of benzene rings is 2. The predicted octanol–water partition coefficient (Wildman–Crippen LogP) is 2.92. The molecule has 0 aliphatic heterocycles. The Labute approximate surface area is 157 Å². The van der Waals surface area contributed by atoms with Crippen LogP contribution < -0.4 is 15.4 Å². The zero-order chi connectivity index (χ0) is 19.1. The van der Waals surface area contributed by atoms with Crippen LogP contribution in [-0.2, 0) is 4.79 Å². The normalized spacial score (nSPS) is 14.3. The molecule has 1 fully saturated rings. The molecule has 3 rings (SSSR count). The van der Waals surface area contributed by atoms with Crippen molar-refractivity contribution in [2.24, 2.45) is 5.41 Å². The molecule has 2 N–H and O–H groups in total. The molecule has 0 spiro atoms. The largest absolute Gasteiger partial charge is 0.493 e. The Morgan fingerprint density at radius 2 is 1.70 bits per heavy atom. The van der Waals surface area contributed by atoms with Gasteiger partial charge in [0.05, 0.1) is 6.61 Å². The Morgan fingerprint density at radius 1 is 1.00 bits per heavy atom. The number of para-hydroxylation sites is 1. The van der Waals surface area contributed by atoms with Crippen LogP contribution in [0.5, 0.6) is 5.75 Å². The van der Waals surface area contributed by atoms with Crippen molar-refractivity contribution < 1.29 is 18.7 Å². The molecule has 1 saturated carbocycles. The molecule has 2 aromatic carbocycles. The summed E-state index contributed by atoms with van der Waals surface area (Å²) < 4.78 is 18.7. The number of carbonyl (C=O) groups is 2. The van der Waals surface area contributed by atoms with Crippen LogP contribution in [0.25, 0.3) is 0 Å². The van der Waals surface area contributed by atoms with Gasteiger partial charge in [0.15, 0.2) is 0 Å². The minimum atomic E-state index is -0.392. The van der Waals surface area contributed by atoms with E-state index in [-0.39, 0.29) is 30.2 Å². The van der Waals surface area contributed by atoms with Crippen molar-refractivity contribution in [1.29, 1.82) is 0 Å². The number of hydrogen-bond donors (Lipinski definition) is 2. The number of halogens is 1. The fourth-order valence-corrected chi connectivity index (χ4v) is 2.67. The van der Waals surface area contributed by atoms with Crippen LogP contribution in [-0.4, -0.2) is 31.5 Å². The molecule has 1 aliphatic rings. The molecule has 0 saturated heterocycles. The van der Waals surface area contributed by atoms with Crippen LogP contribution in [0.1, 0.15) is 29.6 Å². The van der Waals surface area contributed by atoms with Crippen LogP contribution in [0.15, 0.2) is 54.6 Å². The summed E-state index contributed by atoms with van der Waals surface area (Å²) in [5.74, 6) is 0.00732. The number of hydrogen-bond acceptors (Lipinski definition) is 3. The fraction of sp³-hybridized carbons (Fsp3) is 0.333. The van der Waals surface area contributed by atoms with Gasteiger partial charge in [-0.3, -0.25) is 9.59 Å². The summed E-state index contributed by atoms with van der Waals surface area (Å²) in [6.07, 6.45) is 2.26. The van der Waals surface area contributed by atoms with Gasteiger partial charge in [-0.15, -0.1) is 0 Å². The van der Waals surface area contributed by atoms with Crippen molar-refractivity contribution in [3.05, 3.63) is 66.0 Å². The molecule has 0 radical (unpaired) electrons. The minimum Gasteiger partial charge on any atom is -0.493 e. The van der Waals surface area contributed by atoms with Crippen LogP contribution in [0.3, 0.4) is 0 Å². The second-order valence-electron chi connectivity index (χ2n) is 6.89. The van der Waals surface area contributed by atoms with Crippen molar-refractivity contribution in [3.8, 4) is 5.75 Å². The van der Waals surface area contributed by atoms with Crippen LogP contribution in [0.2, 0.25) is 0 Å². The highest BCUT2D eigenvalue weighted by Gasteiger charge is 2.43. The van der Waals surface area contributed by atoms with Gasteiger partial charge in [-0.05, 0) is 49.2 Å². The van der Waals surface area contributed by atoms with E-state index in [2.05, 4.69) is 10.6 Å². The smallest absolute Gasteiger partial charge is 0.251 e. The number of nitrogens with one attached hydrogen (secondary N) is 2. The quantitative estimate of drug-likeness (QED) is 0.713. The van der Waals surface area contributed by atoms with Gasteiger partial charge >= 0.3 is 0 Å². The van der Waals surface area contributed by atoms with Gasteiger partial charge in [-0.1, -0.05) is 18.2 Å². The SMILES string of the molecule is O=C(CCNC(=O)c1ccc(F)cc1)NCC1(COc2ccccc2)CC1. The van der Waals surface area contributed by atoms with Gasteiger partial charge in [0.1, 0.15) is 11.6 Å². The van der Waals surface area contributed by atoms with Crippen molar-refractivity contribution >= 4 is 11.8 Å². The maximum Gasteiger partial charge on any atom is 0.251 e. The van der Waals surface area contributed by atoms with Gasteiger partial charge < -0.3 is 15.4 Å². The molecule has 1 aliphatic carbocycles. The summed E-state index contributed by atoms with van der Waals surface area (Å²) in [5, 5.41) is 5.58. The highest BCUT2D eigenvalue weighted by atomic mass is 19.1. The molecular weight excluding hydrogens is 347 g/mol. The maximum absolute atomic E-state index is 12.9. The first-order chi connectivity index (χ1) is 13.1. The van der Waals surface area contributed by atoms with Gasteiger partial charge in [-0.25, -0.2) is 4.39 Å². The van der Waals surface area contributed by atoms with Gasteiger partial charge in [0.25, 0.3) is 5.91 Å². The van der Waals surface area contributed by atoms with Crippen molar-refractivity contribution in [2.75, 3.05) is 19.7 Å². The molecule has 6 heteroatoms. The molecule has 142 valence electrons. The first-order valence-corrected chi connectivity index (χ1v) is 9.05. The average molecular weight is 370 g/mol. The summed E-state index contributed by atoms with van der Waals surface area (Å²) in [6.45, 7) is 1.39. The van der Waals surface area contributed by atoms with E-state index < -0.39 is 5.82 Å². The van der Waals surface area contributed by atoms with E-state index in [0.717, 1.165) is 18.6 Å². The first-order valence-electron chi connectivity index (χ1n) is 9.05. The third-order valence-corrected chi connectivity index (χ3v) is 4.65. The number of rotatable bonds is 9. The Bertz CT molecular complexity index is 774. The topological polar surface area (TPSA) is 67.4 Å². The fourth-order valence-electron chi connectivity index (χ4n) is 2.67. The lowest BCUT2D eigenvalue weighted by Crippen LogP contribution is -2.35. The zero-order valence-corrected chi connectivity index (χ0v) is 15.0. The maximum atomic E-state index is 12.9. The Kier molecular flexibility index (Phi) is 6.06. The molecular formula is C21H23FN2O3. The van der Waals surface area contributed by atoms with E-state index in [9.17, 15) is 14.0 Å². The number of carbonyl (C=O) groups excluding carboxylic acids is 2. The lowest BCUT2D eigenvalue weighted by Gasteiger charge is -2.17. The Hall–Kier alpha value is -2.89. The highest BCUT2D eigenvalue weighted by Crippen LogP contribution is 2.45. The van der Waals surface area contributed by atoms with E-state index in [1.54, 1.807) is 0 Å². The van der Waals surface area contributed by atoms with E-state index in [1.165, 1.54) is 24.3 Å². The van der Waals surface area contributed by atoms with Crippen LogP contribution in [0.4, 0.5) is 4.39 Å². The highest BCUT2D eigenvalue weighted by molar-refractivity contribution is 5.94. The molecule has 0 bridgehead atoms. The second kappa shape index (κ2) is 8.66. The lowest BCUT2D eigenvalue weighted by molar-refractivity contribution is -0.121. The number of ether oxygens (including phenoxy) is 1. The molecule has 0 aromatic heterocycles. The van der Waals surface area contributed by atoms with Crippen LogP contribution >= 0.6 is 0 Å². The summed E-state index contributed by atoms with van der Waals surface area (Å²) in [5.41, 5.74) is 0.384. The third-order valence-electron chi connectivity index (χ3n) is 4.65. The van der Waals surface area contributed by atoms with Gasteiger partial charge in [-0.2, -0.15) is 0 Å². The zero-order valence-electron chi connectivity index (χ0n) is 15.0. The average Bonchev–Trinajstić information content (AvgIpc) is 3.46. The van der Waals surface area contributed by atoms with Crippen molar-refractivity contribution in [1.82, 2.24) is 10.6 Å². The molecule has 0 atom stereocenters. The number of amides is 2. The summed E-state index contributed by atoms with van der Waals surface area (Å²) >= 11 is 0. The molecule has 2 aromatic rings. The molecule has 0 heterocycles. The summed E-state index contributed by atoms with van der Waals surface area (Å²) in [7, 11) is 0. The molecule has 27 heavy (non-hydrogen) atoms. The Balaban J connectivity index is 1.33. The third kappa shape index (κ3) is 5.81. The lowest BCUT2D eigenvalue weighted by atomic mass is 10.1. The second-order valence-corrected chi connectivity index (χ2v) is 6.89. The van der Waals surface area contributed by atoms with E-state index in [4.69, 9.17) is 4.74 Å². The minimum absolute atomic E-state index is 0.0167. The molecule has 5 nitrogen and oxygen atoms in total. The van der Waals surface area contributed by atoms with E-state index in [0.29, 0.717) is 18.7 Å². The van der Waals surface area contributed by atoms with Gasteiger partial charge in [0.2, 0.25) is 5.91 Å². The summed E-state index contributed by atoms with van der Waals surface area (Å²) in [4.78, 5) is 23.9. The summed E-state index contributed by atoms with van der Waals surface area (Å²) in [6, 6.07) is 14.9. The molecule has 0 unspecified atom stereocenters. The van der Waals surface area contributed by atoms with Crippen LogP contribution in [0, 0.1) is 11.2 Å².